The van der Waals surface area contributed by atoms with E-state index in [4.69, 9.17) is 10.5 Å². The SMILES string of the molecule is Cl.Cl.NCc1nc(C(=O)NCC(c2ccc(F)cc2)N2CCOCC2)cs1. The highest BCUT2D eigenvalue weighted by Gasteiger charge is 2.23. The van der Waals surface area contributed by atoms with Crippen molar-refractivity contribution < 1.29 is 13.9 Å². The van der Waals surface area contributed by atoms with Gasteiger partial charge in [0.25, 0.3) is 5.91 Å². The molecule has 2 heterocycles. The first-order valence-electron chi connectivity index (χ1n) is 8.17. The summed E-state index contributed by atoms with van der Waals surface area (Å²) < 4.78 is 18.6. The molecule has 6 nitrogen and oxygen atoms in total. The van der Waals surface area contributed by atoms with Gasteiger partial charge in [0, 0.05) is 31.6 Å². The van der Waals surface area contributed by atoms with Gasteiger partial charge in [0.05, 0.1) is 19.3 Å². The number of rotatable bonds is 6. The average molecular weight is 437 g/mol. The number of benzene rings is 1. The molecule has 3 rings (SSSR count). The van der Waals surface area contributed by atoms with Crippen LogP contribution in [0.25, 0.3) is 0 Å². The fraction of sp³-hybridized carbons (Fsp3) is 0.412. The molecule has 10 heteroatoms. The molecular formula is C17H23Cl2FN4O2S. The van der Waals surface area contributed by atoms with Gasteiger partial charge >= 0.3 is 0 Å². The predicted molar refractivity (Wildman–Crippen MR) is 108 cm³/mol. The molecule has 0 aliphatic carbocycles. The highest BCUT2D eigenvalue weighted by atomic mass is 35.5. The third-order valence-corrected chi connectivity index (χ3v) is 5.03. The number of carbonyl (C=O) groups excluding carboxylic acids is 1. The van der Waals surface area contributed by atoms with Crippen LogP contribution in [0.2, 0.25) is 0 Å². The topological polar surface area (TPSA) is 80.5 Å². The molecule has 27 heavy (non-hydrogen) atoms. The molecule has 1 saturated heterocycles. The average Bonchev–Trinajstić information content (AvgIpc) is 3.13. The molecule has 0 radical (unpaired) electrons. The molecule has 0 bridgehead atoms. The summed E-state index contributed by atoms with van der Waals surface area (Å²) >= 11 is 1.37. The van der Waals surface area contributed by atoms with E-state index in [1.165, 1.54) is 23.5 Å². The van der Waals surface area contributed by atoms with E-state index in [2.05, 4.69) is 15.2 Å². The first-order valence-corrected chi connectivity index (χ1v) is 9.05. The monoisotopic (exact) mass is 436 g/mol. The smallest absolute Gasteiger partial charge is 0.270 e. The second-order valence-electron chi connectivity index (χ2n) is 5.76. The summed E-state index contributed by atoms with van der Waals surface area (Å²) in [6, 6.07) is 6.37. The Bertz CT molecular complexity index is 711. The van der Waals surface area contributed by atoms with Crippen molar-refractivity contribution in [2.75, 3.05) is 32.8 Å². The Morgan fingerprint density at radius 1 is 1.30 bits per heavy atom. The summed E-state index contributed by atoms with van der Waals surface area (Å²) in [4.78, 5) is 18.8. The van der Waals surface area contributed by atoms with Crippen LogP contribution in [0, 0.1) is 5.82 Å². The zero-order valence-electron chi connectivity index (χ0n) is 14.6. The van der Waals surface area contributed by atoms with Crippen LogP contribution < -0.4 is 11.1 Å². The van der Waals surface area contributed by atoms with E-state index in [0.29, 0.717) is 32.0 Å². The van der Waals surface area contributed by atoms with Crippen molar-refractivity contribution in [3.63, 3.8) is 0 Å². The molecule has 3 N–H and O–H groups in total. The first-order chi connectivity index (χ1) is 12.2. The minimum atomic E-state index is -0.273. The van der Waals surface area contributed by atoms with Gasteiger partial charge in [-0.1, -0.05) is 12.1 Å². The highest BCUT2D eigenvalue weighted by Crippen LogP contribution is 2.22. The van der Waals surface area contributed by atoms with Gasteiger partial charge in [-0.2, -0.15) is 0 Å². The lowest BCUT2D eigenvalue weighted by molar-refractivity contribution is 0.0162. The van der Waals surface area contributed by atoms with Gasteiger partial charge in [-0.05, 0) is 17.7 Å². The standard InChI is InChI=1S/C17H21FN4O2S.2ClH/c18-13-3-1-12(2-4-13)15(22-5-7-24-8-6-22)10-20-17(23)14-11-25-16(9-19)21-14;;/h1-4,11,15H,5-10,19H2,(H,20,23);2*1H. The second-order valence-corrected chi connectivity index (χ2v) is 6.70. The van der Waals surface area contributed by atoms with Crippen molar-refractivity contribution in [2.24, 2.45) is 5.73 Å². The van der Waals surface area contributed by atoms with Crippen LogP contribution in [0.1, 0.15) is 27.1 Å². The van der Waals surface area contributed by atoms with E-state index in [1.807, 2.05) is 0 Å². The fourth-order valence-electron chi connectivity index (χ4n) is 2.82. The van der Waals surface area contributed by atoms with Gasteiger partial charge in [0.2, 0.25) is 0 Å². The molecule has 150 valence electrons. The maximum Gasteiger partial charge on any atom is 0.270 e. The lowest BCUT2D eigenvalue weighted by Gasteiger charge is -2.34. The fourth-order valence-corrected chi connectivity index (χ4v) is 3.48. The van der Waals surface area contributed by atoms with Crippen LogP contribution >= 0.6 is 36.2 Å². The highest BCUT2D eigenvalue weighted by molar-refractivity contribution is 7.09. The summed E-state index contributed by atoms with van der Waals surface area (Å²) in [7, 11) is 0. The Kier molecular flexibility index (Phi) is 10.1. The second kappa shape index (κ2) is 11.5. The van der Waals surface area contributed by atoms with Crippen molar-refractivity contribution in [1.82, 2.24) is 15.2 Å². The number of carbonyl (C=O) groups is 1. The molecule has 1 aromatic carbocycles. The summed E-state index contributed by atoms with van der Waals surface area (Å²) in [5.41, 5.74) is 6.88. The minimum Gasteiger partial charge on any atom is -0.379 e. The van der Waals surface area contributed by atoms with E-state index >= 15 is 0 Å². The Hall–Kier alpha value is -1.29. The van der Waals surface area contributed by atoms with Crippen LogP contribution in [0.3, 0.4) is 0 Å². The third-order valence-electron chi connectivity index (χ3n) is 4.16. The third kappa shape index (κ3) is 6.38. The maximum atomic E-state index is 13.2. The molecule has 1 amide bonds. The van der Waals surface area contributed by atoms with Gasteiger partial charge in [-0.25, -0.2) is 9.37 Å². The summed E-state index contributed by atoms with van der Waals surface area (Å²) in [5.74, 6) is -0.498. The molecule has 1 unspecified atom stereocenters. The van der Waals surface area contributed by atoms with Crippen LogP contribution in [-0.2, 0) is 11.3 Å². The largest absolute Gasteiger partial charge is 0.379 e. The van der Waals surface area contributed by atoms with E-state index in [0.717, 1.165) is 23.7 Å². The normalized spacial score (nSPS) is 15.3. The van der Waals surface area contributed by atoms with Gasteiger partial charge < -0.3 is 15.8 Å². The quantitative estimate of drug-likeness (QED) is 0.726. The number of morpholine rings is 1. The predicted octanol–water partition coefficient (Wildman–Crippen LogP) is 2.39. The maximum absolute atomic E-state index is 13.2. The molecule has 2 aromatic rings. The van der Waals surface area contributed by atoms with Crippen LogP contribution in [0.5, 0.6) is 0 Å². The number of halogens is 3. The Labute approximate surface area is 174 Å². The molecule has 1 fully saturated rings. The number of aromatic nitrogens is 1. The molecule has 1 aliphatic heterocycles. The summed E-state index contributed by atoms with van der Waals surface area (Å²) in [6.45, 7) is 3.58. The Morgan fingerprint density at radius 3 is 2.56 bits per heavy atom. The zero-order valence-corrected chi connectivity index (χ0v) is 17.0. The van der Waals surface area contributed by atoms with Crippen molar-refractivity contribution in [3.8, 4) is 0 Å². The molecule has 1 atom stereocenters. The number of amides is 1. The van der Waals surface area contributed by atoms with Crippen LogP contribution in [-0.4, -0.2) is 48.6 Å². The van der Waals surface area contributed by atoms with Gasteiger partial charge in [0.1, 0.15) is 16.5 Å². The van der Waals surface area contributed by atoms with E-state index in [1.54, 1.807) is 17.5 Å². The van der Waals surface area contributed by atoms with E-state index in [-0.39, 0.29) is 42.6 Å². The van der Waals surface area contributed by atoms with E-state index < -0.39 is 0 Å². The zero-order chi connectivity index (χ0) is 17.6. The number of hydrogen-bond acceptors (Lipinski definition) is 6. The molecule has 1 aliphatic rings. The molecule has 1 aromatic heterocycles. The van der Waals surface area contributed by atoms with Crippen LogP contribution in [0.15, 0.2) is 29.6 Å². The van der Waals surface area contributed by atoms with Gasteiger partial charge in [-0.15, -0.1) is 36.2 Å². The van der Waals surface area contributed by atoms with E-state index in [9.17, 15) is 9.18 Å². The number of hydrogen-bond donors (Lipinski definition) is 2. The molecule has 0 saturated carbocycles. The summed E-state index contributed by atoms with van der Waals surface area (Å²) in [6.07, 6.45) is 0. The number of ether oxygens (including phenoxy) is 1. The van der Waals surface area contributed by atoms with Crippen LogP contribution in [0.4, 0.5) is 4.39 Å². The van der Waals surface area contributed by atoms with Crippen molar-refractivity contribution >= 4 is 42.1 Å². The van der Waals surface area contributed by atoms with Gasteiger partial charge in [0.15, 0.2) is 0 Å². The minimum absolute atomic E-state index is 0. The van der Waals surface area contributed by atoms with Crippen molar-refractivity contribution in [2.45, 2.75) is 12.6 Å². The Morgan fingerprint density at radius 2 is 1.96 bits per heavy atom. The number of nitrogens with zero attached hydrogens (tertiary/aromatic N) is 2. The van der Waals surface area contributed by atoms with Gasteiger partial charge in [-0.3, -0.25) is 9.69 Å². The lowest BCUT2D eigenvalue weighted by atomic mass is 10.0. The number of nitrogens with two attached hydrogens (primary N) is 1. The number of thiazole rings is 1. The Balaban J connectivity index is 0.00000182. The first kappa shape index (κ1) is 23.7. The molecule has 0 spiro atoms. The van der Waals surface area contributed by atoms with Crippen molar-refractivity contribution in [1.29, 1.82) is 0 Å². The molecular weight excluding hydrogens is 414 g/mol. The summed E-state index contributed by atoms with van der Waals surface area (Å²) in [5, 5.41) is 5.37. The lowest BCUT2D eigenvalue weighted by Crippen LogP contribution is -2.43. The number of nitrogens with one attached hydrogen (secondary N) is 1. The van der Waals surface area contributed by atoms with Crippen molar-refractivity contribution in [3.05, 3.63) is 51.7 Å².